The molecule has 30 heavy (non-hydrogen) atoms. The Morgan fingerprint density at radius 3 is 2.57 bits per heavy atom. The van der Waals surface area contributed by atoms with Gasteiger partial charge in [-0.25, -0.2) is 9.67 Å². The van der Waals surface area contributed by atoms with Crippen LogP contribution >= 0.6 is 24.0 Å². The Morgan fingerprint density at radius 1 is 1.10 bits per heavy atom. The second-order valence-corrected chi connectivity index (χ2v) is 7.16. The summed E-state index contributed by atoms with van der Waals surface area (Å²) < 4.78 is 1.82. The molecule has 1 heterocycles. The average molecular weight is 514 g/mol. The molecule has 0 spiro atoms. The molecule has 0 aliphatic heterocycles. The van der Waals surface area contributed by atoms with Crippen molar-refractivity contribution in [3.8, 4) is 11.1 Å². The lowest BCUT2D eigenvalue weighted by Crippen LogP contribution is -2.42. The van der Waals surface area contributed by atoms with E-state index < -0.39 is 0 Å². The van der Waals surface area contributed by atoms with Gasteiger partial charge < -0.3 is 10.6 Å². The van der Waals surface area contributed by atoms with Gasteiger partial charge in [0, 0.05) is 19.6 Å². The Kier molecular flexibility index (Phi) is 8.01. The summed E-state index contributed by atoms with van der Waals surface area (Å²) in [6.45, 7) is 1.44. The molecule has 2 aromatic carbocycles. The van der Waals surface area contributed by atoms with E-state index >= 15 is 0 Å². The molecule has 1 aliphatic carbocycles. The van der Waals surface area contributed by atoms with E-state index in [0.29, 0.717) is 6.04 Å². The van der Waals surface area contributed by atoms with E-state index in [0.717, 1.165) is 31.9 Å². The molecule has 0 fully saturated rings. The van der Waals surface area contributed by atoms with Gasteiger partial charge in [0.15, 0.2) is 5.96 Å². The Morgan fingerprint density at radius 2 is 1.87 bits per heavy atom. The van der Waals surface area contributed by atoms with Gasteiger partial charge in [0.1, 0.15) is 12.7 Å². The summed E-state index contributed by atoms with van der Waals surface area (Å²) in [6, 6.07) is 17.6. The highest BCUT2D eigenvalue weighted by atomic mass is 127. The monoisotopic (exact) mass is 514 g/mol. The molecular weight excluding hydrogens is 487 g/mol. The number of aromatic nitrogens is 3. The molecule has 0 saturated carbocycles. The predicted octanol–water partition coefficient (Wildman–Crippen LogP) is 4.00. The summed E-state index contributed by atoms with van der Waals surface area (Å²) in [5, 5.41) is 11.1. The van der Waals surface area contributed by atoms with Gasteiger partial charge in [0.25, 0.3) is 0 Å². The SMILES string of the molecule is CN=C(NCc1ccccc1-c1ccc(Cn2cncn2)cc1)NC1CC=CC1.I. The first-order valence-electron chi connectivity index (χ1n) is 9.93. The van der Waals surface area contributed by atoms with Crippen LogP contribution < -0.4 is 10.6 Å². The molecule has 0 amide bonds. The van der Waals surface area contributed by atoms with Crippen molar-refractivity contribution < 1.29 is 0 Å². The van der Waals surface area contributed by atoms with Crippen LogP contribution in [-0.4, -0.2) is 33.8 Å². The number of hydrogen-bond donors (Lipinski definition) is 2. The maximum atomic E-state index is 4.37. The maximum Gasteiger partial charge on any atom is 0.191 e. The third kappa shape index (κ3) is 5.69. The van der Waals surface area contributed by atoms with Crippen molar-refractivity contribution >= 4 is 29.9 Å². The van der Waals surface area contributed by atoms with Crippen LogP contribution in [0.4, 0.5) is 0 Å². The van der Waals surface area contributed by atoms with Crippen LogP contribution in [0.5, 0.6) is 0 Å². The maximum absolute atomic E-state index is 4.37. The third-order valence-electron chi connectivity index (χ3n) is 5.11. The Hall–Kier alpha value is -2.68. The first kappa shape index (κ1) is 22.0. The number of hydrogen-bond acceptors (Lipinski definition) is 3. The molecular formula is C23H27IN6. The van der Waals surface area contributed by atoms with Crippen molar-refractivity contribution in [2.75, 3.05) is 7.05 Å². The fourth-order valence-electron chi connectivity index (χ4n) is 3.55. The van der Waals surface area contributed by atoms with Gasteiger partial charge in [-0.1, -0.05) is 60.7 Å². The molecule has 1 aromatic heterocycles. The fraction of sp³-hybridized carbons (Fsp3) is 0.261. The van der Waals surface area contributed by atoms with Gasteiger partial charge in [-0.05, 0) is 35.1 Å². The van der Waals surface area contributed by atoms with Crippen molar-refractivity contribution in [2.24, 2.45) is 4.99 Å². The lowest BCUT2D eigenvalue weighted by atomic mass is 9.98. The Balaban J connectivity index is 0.00000256. The molecule has 0 radical (unpaired) electrons. The van der Waals surface area contributed by atoms with Crippen LogP contribution in [0.25, 0.3) is 11.1 Å². The topological polar surface area (TPSA) is 67.1 Å². The van der Waals surface area contributed by atoms with Crippen LogP contribution in [0, 0.1) is 0 Å². The van der Waals surface area contributed by atoms with Gasteiger partial charge in [-0.3, -0.25) is 4.99 Å². The highest BCUT2D eigenvalue weighted by Gasteiger charge is 2.12. The fourth-order valence-corrected chi connectivity index (χ4v) is 3.55. The standard InChI is InChI=1S/C23H26N6.HI/c1-24-23(28-21-7-3-4-8-21)26-14-20-6-2-5-9-22(20)19-12-10-18(11-13-19)15-29-17-25-16-27-29;/h2-6,9-13,16-17,21H,7-8,14-15H2,1H3,(H2,24,26,28);1H. The lowest BCUT2D eigenvalue weighted by Gasteiger charge is -2.18. The minimum absolute atomic E-state index is 0. The van der Waals surface area contributed by atoms with E-state index in [-0.39, 0.29) is 24.0 Å². The van der Waals surface area contributed by atoms with Crippen molar-refractivity contribution in [1.29, 1.82) is 0 Å². The number of benzene rings is 2. The molecule has 6 nitrogen and oxygen atoms in total. The first-order chi connectivity index (χ1) is 14.3. The van der Waals surface area contributed by atoms with Crippen LogP contribution in [0.15, 0.2) is 78.3 Å². The quantitative estimate of drug-likeness (QED) is 0.226. The number of guanidine groups is 1. The van der Waals surface area contributed by atoms with Gasteiger partial charge in [-0.2, -0.15) is 5.10 Å². The Labute approximate surface area is 194 Å². The number of rotatable bonds is 6. The Bertz CT molecular complexity index is 971. The molecule has 0 bridgehead atoms. The molecule has 0 saturated heterocycles. The lowest BCUT2D eigenvalue weighted by molar-refractivity contribution is 0.633. The number of nitrogens with one attached hydrogen (secondary N) is 2. The minimum Gasteiger partial charge on any atom is -0.353 e. The van der Waals surface area contributed by atoms with Crippen molar-refractivity contribution in [3.63, 3.8) is 0 Å². The first-order valence-corrected chi connectivity index (χ1v) is 9.93. The molecule has 0 atom stereocenters. The van der Waals surface area contributed by atoms with Crippen LogP contribution in [-0.2, 0) is 13.1 Å². The summed E-state index contributed by atoms with van der Waals surface area (Å²) in [4.78, 5) is 8.36. The van der Waals surface area contributed by atoms with E-state index in [4.69, 9.17) is 0 Å². The summed E-state index contributed by atoms with van der Waals surface area (Å²) in [6.07, 6.45) is 9.83. The number of aliphatic imine (C=N–C) groups is 1. The van der Waals surface area contributed by atoms with Crippen LogP contribution in [0.3, 0.4) is 0 Å². The van der Waals surface area contributed by atoms with E-state index in [1.54, 1.807) is 12.7 Å². The molecule has 3 aromatic rings. The predicted molar refractivity (Wildman–Crippen MR) is 132 cm³/mol. The largest absolute Gasteiger partial charge is 0.353 e. The summed E-state index contributed by atoms with van der Waals surface area (Å²) >= 11 is 0. The average Bonchev–Trinajstić information content (AvgIpc) is 3.46. The summed E-state index contributed by atoms with van der Waals surface area (Å²) in [5.41, 5.74) is 4.87. The zero-order valence-electron chi connectivity index (χ0n) is 17.0. The van der Waals surface area contributed by atoms with E-state index in [9.17, 15) is 0 Å². The molecule has 156 valence electrons. The van der Waals surface area contributed by atoms with Crippen LogP contribution in [0.2, 0.25) is 0 Å². The second-order valence-electron chi connectivity index (χ2n) is 7.16. The van der Waals surface area contributed by atoms with E-state index in [2.05, 4.69) is 86.4 Å². The van der Waals surface area contributed by atoms with Crippen molar-refractivity contribution in [3.05, 3.63) is 84.5 Å². The van der Waals surface area contributed by atoms with Gasteiger partial charge >= 0.3 is 0 Å². The minimum atomic E-state index is 0. The van der Waals surface area contributed by atoms with E-state index in [1.807, 2.05) is 11.7 Å². The third-order valence-corrected chi connectivity index (χ3v) is 5.11. The van der Waals surface area contributed by atoms with E-state index in [1.165, 1.54) is 22.3 Å². The molecule has 2 N–H and O–H groups in total. The van der Waals surface area contributed by atoms with Gasteiger partial charge in [0.2, 0.25) is 0 Å². The van der Waals surface area contributed by atoms with Crippen molar-refractivity contribution in [1.82, 2.24) is 25.4 Å². The van der Waals surface area contributed by atoms with Gasteiger partial charge in [0.05, 0.1) is 6.54 Å². The number of nitrogens with zero attached hydrogens (tertiary/aromatic N) is 4. The smallest absolute Gasteiger partial charge is 0.191 e. The highest BCUT2D eigenvalue weighted by molar-refractivity contribution is 14.0. The zero-order valence-corrected chi connectivity index (χ0v) is 19.4. The highest BCUT2D eigenvalue weighted by Crippen LogP contribution is 2.24. The van der Waals surface area contributed by atoms with Crippen LogP contribution in [0.1, 0.15) is 24.0 Å². The number of halogens is 1. The normalized spacial score (nSPS) is 13.8. The summed E-state index contributed by atoms with van der Waals surface area (Å²) in [7, 11) is 1.82. The molecule has 4 rings (SSSR count). The molecule has 1 aliphatic rings. The van der Waals surface area contributed by atoms with Gasteiger partial charge in [-0.15, -0.1) is 24.0 Å². The second kappa shape index (κ2) is 10.9. The molecule has 0 unspecified atom stereocenters. The zero-order chi connectivity index (χ0) is 19.9. The summed E-state index contributed by atoms with van der Waals surface area (Å²) in [5.74, 6) is 0.844. The molecule has 7 heteroatoms. The van der Waals surface area contributed by atoms with Crippen molar-refractivity contribution in [2.45, 2.75) is 32.0 Å².